The first kappa shape index (κ1) is 19.4. The van der Waals surface area contributed by atoms with Gasteiger partial charge in [-0.15, -0.1) is 0 Å². The molecule has 0 aromatic heterocycles. The maximum Gasteiger partial charge on any atom is 0.162 e. The van der Waals surface area contributed by atoms with Crippen molar-refractivity contribution in [3.8, 4) is 28.4 Å². The number of aliphatic hydroxyl groups excluding tert-OH is 2. The maximum atomic E-state index is 10.5. The molecule has 0 spiro atoms. The van der Waals surface area contributed by atoms with Crippen molar-refractivity contribution in [3.05, 3.63) is 41.5 Å². The Morgan fingerprint density at radius 1 is 0.889 bits per heavy atom. The van der Waals surface area contributed by atoms with Gasteiger partial charge in [-0.3, -0.25) is 0 Å². The molecule has 0 aliphatic carbocycles. The summed E-state index contributed by atoms with van der Waals surface area (Å²) in [7, 11) is 0. The smallest absolute Gasteiger partial charge is 0.162 e. The van der Waals surface area contributed by atoms with E-state index >= 15 is 0 Å². The maximum absolute atomic E-state index is 10.5. The lowest BCUT2D eigenvalue weighted by Crippen LogP contribution is -2.29. The molecule has 2 aromatic carbocycles. The fraction of sp³-hybridized carbons (Fsp3) is 0.400. The molecule has 1 heterocycles. The molecule has 27 heavy (non-hydrogen) atoms. The van der Waals surface area contributed by atoms with E-state index in [9.17, 15) is 25.5 Å². The highest BCUT2D eigenvalue weighted by molar-refractivity contribution is 5.77. The number of phenols is 3. The van der Waals surface area contributed by atoms with E-state index in [4.69, 9.17) is 9.47 Å². The van der Waals surface area contributed by atoms with Crippen molar-refractivity contribution in [1.82, 2.24) is 0 Å². The summed E-state index contributed by atoms with van der Waals surface area (Å²) >= 11 is 0. The first-order valence-corrected chi connectivity index (χ1v) is 8.87. The van der Waals surface area contributed by atoms with Crippen molar-refractivity contribution >= 4 is 0 Å². The standard InChI is InChI=1S/C20H24O7/c1-2-13-14(7-19-26-17(9-21)18(10-22)27-19)20(16(25)8-15(13)24)11-4-3-5-12(23)6-11/h3-6,8,17-19,21-25H,2,7,9-10H2,1H3/t17-,18-/m0/s1. The molecule has 0 saturated carbocycles. The number of aliphatic hydroxyl groups is 2. The molecule has 5 N–H and O–H groups in total. The highest BCUT2D eigenvalue weighted by Crippen LogP contribution is 2.42. The molecule has 1 aliphatic rings. The number of benzene rings is 2. The molecular formula is C20H24O7. The van der Waals surface area contributed by atoms with Gasteiger partial charge in [0.25, 0.3) is 0 Å². The summed E-state index contributed by atoms with van der Waals surface area (Å²) in [5.74, 6) is -0.108. The van der Waals surface area contributed by atoms with E-state index in [-0.39, 0.29) is 36.9 Å². The quantitative estimate of drug-likeness (QED) is 0.520. The summed E-state index contributed by atoms with van der Waals surface area (Å²) < 4.78 is 11.3. The van der Waals surface area contributed by atoms with Crippen LogP contribution in [0.15, 0.2) is 30.3 Å². The molecule has 1 fully saturated rings. The molecule has 0 radical (unpaired) electrons. The fourth-order valence-electron chi connectivity index (χ4n) is 3.53. The fourth-order valence-corrected chi connectivity index (χ4v) is 3.53. The van der Waals surface area contributed by atoms with Crippen LogP contribution in [0.1, 0.15) is 18.1 Å². The lowest BCUT2D eigenvalue weighted by molar-refractivity contribution is -0.0725. The minimum Gasteiger partial charge on any atom is -0.508 e. The van der Waals surface area contributed by atoms with E-state index in [1.54, 1.807) is 12.1 Å². The molecule has 7 heteroatoms. The van der Waals surface area contributed by atoms with Crippen LogP contribution in [-0.4, -0.2) is 57.2 Å². The minimum absolute atomic E-state index is 0.0377. The molecule has 1 saturated heterocycles. The largest absolute Gasteiger partial charge is 0.508 e. The molecule has 3 rings (SSSR count). The van der Waals surface area contributed by atoms with E-state index in [1.807, 2.05) is 6.92 Å². The first-order chi connectivity index (χ1) is 13.0. The Morgan fingerprint density at radius 2 is 1.56 bits per heavy atom. The van der Waals surface area contributed by atoms with E-state index in [0.717, 1.165) is 0 Å². The van der Waals surface area contributed by atoms with Gasteiger partial charge in [-0.25, -0.2) is 0 Å². The SMILES string of the molecule is CCc1c(O)cc(O)c(-c2cccc(O)c2)c1CC1O[C@@H](CO)[C@H](CO)O1. The van der Waals surface area contributed by atoms with E-state index in [0.29, 0.717) is 28.7 Å². The van der Waals surface area contributed by atoms with Gasteiger partial charge in [0.05, 0.1) is 13.2 Å². The molecule has 0 unspecified atom stereocenters. The van der Waals surface area contributed by atoms with Crippen LogP contribution < -0.4 is 0 Å². The summed E-state index contributed by atoms with van der Waals surface area (Å²) in [5, 5.41) is 49.4. The average Bonchev–Trinajstić information content (AvgIpc) is 3.04. The second-order valence-corrected chi connectivity index (χ2v) is 6.50. The third kappa shape index (κ3) is 3.86. The molecule has 0 amide bonds. The van der Waals surface area contributed by atoms with Crippen molar-refractivity contribution in [3.63, 3.8) is 0 Å². The molecule has 2 atom stereocenters. The first-order valence-electron chi connectivity index (χ1n) is 8.87. The van der Waals surface area contributed by atoms with Gasteiger partial charge in [-0.05, 0) is 35.2 Å². The number of ether oxygens (including phenoxy) is 2. The number of aromatic hydroxyl groups is 3. The van der Waals surface area contributed by atoms with Crippen LogP contribution in [0.3, 0.4) is 0 Å². The van der Waals surface area contributed by atoms with Crippen LogP contribution in [0.25, 0.3) is 11.1 Å². The summed E-state index contributed by atoms with van der Waals surface area (Å²) in [6, 6.07) is 7.75. The van der Waals surface area contributed by atoms with Crippen molar-refractivity contribution in [1.29, 1.82) is 0 Å². The monoisotopic (exact) mass is 376 g/mol. The summed E-state index contributed by atoms with van der Waals surface area (Å²) in [6.07, 6.45) is -1.32. The van der Waals surface area contributed by atoms with Crippen LogP contribution in [-0.2, 0) is 22.3 Å². The van der Waals surface area contributed by atoms with Gasteiger partial charge in [0, 0.05) is 18.1 Å². The molecule has 1 aliphatic heterocycles. The van der Waals surface area contributed by atoms with Gasteiger partial charge in [0.15, 0.2) is 6.29 Å². The lowest BCUT2D eigenvalue weighted by Gasteiger charge is -2.20. The topological polar surface area (TPSA) is 120 Å². The Balaban J connectivity index is 2.05. The zero-order valence-electron chi connectivity index (χ0n) is 15.0. The van der Waals surface area contributed by atoms with Gasteiger partial charge < -0.3 is 35.0 Å². The van der Waals surface area contributed by atoms with Gasteiger partial charge in [-0.2, -0.15) is 0 Å². The van der Waals surface area contributed by atoms with Gasteiger partial charge in [0.1, 0.15) is 29.5 Å². The van der Waals surface area contributed by atoms with Crippen LogP contribution in [0.4, 0.5) is 0 Å². The van der Waals surface area contributed by atoms with Crippen molar-refractivity contribution < 1.29 is 35.0 Å². The molecule has 146 valence electrons. The van der Waals surface area contributed by atoms with Crippen LogP contribution in [0.5, 0.6) is 17.2 Å². The molecular weight excluding hydrogens is 352 g/mol. The zero-order chi connectivity index (χ0) is 19.6. The third-order valence-electron chi connectivity index (χ3n) is 4.79. The van der Waals surface area contributed by atoms with E-state index < -0.39 is 18.5 Å². The van der Waals surface area contributed by atoms with Crippen molar-refractivity contribution in [2.24, 2.45) is 0 Å². The number of phenolic OH excluding ortho intramolecular Hbond substituents is 3. The van der Waals surface area contributed by atoms with Crippen LogP contribution in [0.2, 0.25) is 0 Å². The summed E-state index contributed by atoms with van der Waals surface area (Å²) in [4.78, 5) is 0. The summed E-state index contributed by atoms with van der Waals surface area (Å²) in [5.41, 5.74) is 2.32. The lowest BCUT2D eigenvalue weighted by atomic mass is 9.90. The normalized spacial score (nSPS) is 20.3. The Labute approximate surface area is 157 Å². The van der Waals surface area contributed by atoms with Gasteiger partial charge in [-0.1, -0.05) is 19.1 Å². The van der Waals surface area contributed by atoms with E-state index in [1.165, 1.54) is 18.2 Å². The highest BCUT2D eigenvalue weighted by atomic mass is 16.7. The van der Waals surface area contributed by atoms with Crippen molar-refractivity contribution in [2.75, 3.05) is 13.2 Å². The Bertz CT molecular complexity index is 793. The van der Waals surface area contributed by atoms with Gasteiger partial charge >= 0.3 is 0 Å². The Kier molecular flexibility index (Phi) is 5.86. The van der Waals surface area contributed by atoms with Crippen molar-refractivity contribution in [2.45, 2.75) is 38.3 Å². The number of hydrogen-bond acceptors (Lipinski definition) is 7. The predicted octanol–water partition coefficient (Wildman–Crippen LogP) is 1.67. The van der Waals surface area contributed by atoms with E-state index in [2.05, 4.69) is 0 Å². The molecule has 0 bridgehead atoms. The number of rotatable bonds is 6. The number of hydrogen-bond donors (Lipinski definition) is 5. The minimum atomic E-state index is -0.748. The van der Waals surface area contributed by atoms with Crippen LogP contribution >= 0.6 is 0 Å². The predicted molar refractivity (Wildman–Crippen MR) is 97.7 cm³/mol. The Morgan fingerprint density at radius 3 is 2.11 bits per heavy atom. The molecule has 2 aromatic rings. The second-order valence-electron chi connectivity index (χ2n) is 6.50. The van der Waals surface area contributed by atoms with Crippen LogP contribution in [0, 0.1) is 0 Å². The highest BCUT2D eigenvalue weighted by Gasteiger charge is 2.36. The Hall–Kier alpha value is -2.32. The second kappa shape index (κ2) is 8.14. The third-order valence-corrected chi connectivity index (χ3v) is 4.79. The molecule has 7 nitrogen and oxygen atoms in total. The zero-order valence-corrected chi connectivity index (χ0v) is 15.0. The van der Waals surface area contributed by atoms with Gasteiger partial charge in [0.2, 0.25) is 0 Å². The average molecular weight is 376 g/mol. The summed E-state index contributed by atoms with van der Waals surface area (Å²) in [6.45, 7) is 1.31.